The zero-order valence-corrected chi connectivity index (χ0v) is 11.9. The average Bonchev–Trinajstić information content (AvgIpc) is 2.41. The van der Waals surface area contributed by atoms with Gasteiger partial charge in [-0.3, -0.25) is 9.59 Å². The van der Waals surface area contributed by atoms with Crippen LogP contribution in [0.3, 0.4) is 0 Å². The van der Waals surface area contributed by atoms with Crippen molar-refractivity contribution in [1.29, 1.82) is 0 Å². The fraction of sp³-hybridized carbons (Fsp3) is 0.429. The SMILES string of the molecule is CCN(CC)c1ccc(NC(=O)C(N)CC(N)=O)cc1. The fourth-order valence-corrected chi connectivity index (χ4v) is 1.89. The van der Waals surface area contributed by atoms with Crippen molar-refractivity contribution in [3.8, 4) is 0 Å². The summed E-state index contributed by atoms with van der Waals surface area (Å²) >= 11 is 0. The highest BCUT2D eigenvalue weighted by Crippen LogP contribution is 2.17. The van der Waals surface area contributed by atoms with Gasteiger partial charge in [-0.05, 0) is 38.1 Å². The van der Waals surface area contributed by atoms with Crippen molar-refractivity contribution in [3.63, 3.8) is 0 Å². The molecule has 20 heavy (non-hydrogen) atoms. The maximum atomic E-state index is 11.7. The zero-order chi connectivity index (χ0) is 15.1. The van der Waals surface area contributed by atoms with Gasteiger partial charge in [0.25, 0.3) is 0 Å². The van der Waals surface area contributed by atoms with E-state index in [9.17, 15) is 9.59 Å². The second-order valence-corrected chi connectivity index (χ2v) is 4.49. The quantitative estimate of drug-likeness (QED) is 0.682. The van der Waals surface area contributed by atoms with Crippen LogP contribution in [0.1, 0.15) is 20.3 Å². The number of rotatable bonds is 7. The first-order valence-corrected chi connectivity index (χ1v) is 6.67. The Morgan fingerprint density at radius 1 is 1.20 bits per heavy atom. The lowest BCUT2D eigenvalue weighted by Crippen LogP contribution is -2.38. The first-order valence-electron chi connectivity index (χ1n) is 6.67. The predicted molar refractivity (Wildman–Crippen MR) is 80.4 cm³/mol. The molecule has 0 radical (unpaired) electrons. The number of carbonyl (C=O) groups excluding carboxylic acids is 2. The van der Waals surface area contributed by atoms with E-state index in [1.807, 2.05) is 24.3 Å². The summed E-state index contributed by atoms with van der Waals surface area (Å²) in [6.45, 7) is 6.02. The van der Waals surface area contributed by atoms with Gasteiger partial charge in [0.2, 0.25) is 11.8 Å². The van der Waals surface area contributed by atoms with Gasteiger partial charge in [0, 0.05) is 24.5 Å². The van der Waals surface area contributed by atoms with Crippen molar-refractivity contribution in [1.82, 2.24) is 0 Å². The Labute approximate surface area is 119 Å². The largest absolute Gasteiger partial charge is 0.372 e. The molecular weight excluding hydrogens is 256 g/mol. The molecule has 0 heterocycles. The molecule has 0 aliphatic rings. The lowest BCUT2D eigenvalue weighted by atomic mass is 10.2. The minimum atomic E-state index is -0.921. The highest BCUT2D eigenvalue weighted by atomic mass is 16.2. The number of benzene rings is 1. The molecule has 1 aromatic carbocycles. The summed E-state index contributed by atoms with van der Waals surface area (Å²) in [4.78, 5) is 24.6. The Kier molecular flexibility index (Phi) is 5.99. The Morgan fingerprint density at radius 2 is 1.75 bits per heavy atom. The van der Waals surface area contributed by atoms with E-state index in [-0.39, 0.29) is 6.42 Å². The van der Waals surface area contributed by atoms with E-state index in [0.29, 0.717) is 5.69 Å². The van der Waals surface area contributed by atoms with E-state index >= 15 is 0 Å². The summed E-state index contributed by atoms with van der Waals surface area (Å²) in [5.74, 6) is -1.01. The van der Waals surface area contributed by atoms with Gasteiger partial charge < -0.3 is 21.7 Å². The van der Waals surface area contributed by atoms with Crippen LogP contribution in [0.15, 0.2) is 24.3 Å². The number of nitrogens with two attached hydrogens (primary N) is 2. The van der Waals surface area contributed by atoms with Gasteiger partial charge in [-0.2, -0.15) is 0 Å². The third-order valence-corrected chi connectivity index (χ3v) is 3.02. The van der Waals surface area contributed by atoms with E-state index in [1.54, 1.807) is 0 Å². The molecule has 2 amide bonds. The molecule has 1 atom stereocenters. The molecule has 6 nitrogen and oxygen atoms in total. The number of anilines is 2. The lowest BCUT2D eigenvalue weighted by molar-refractivity contribution is -0.123. The van der Waals surface area contributed by atoms with Crippen LogP contribution in [0.4, 0.5) is 11.4 Å². The Bertz CT molecular complexity index is 455. The van der Waals surface area contributed by atoms with Gasteiger partial charge in [-0.15, -0.1) is 0 Å². The molecule has 0 fully saturated rings. The van der Waals surface area contributed by atoms with Crippen LogP contribution in [-0.4, -0.2) is 30.9 Å². The molecule has 0 aliphatic heterocycles. The topological polar surface area (TPSA) is 101 Å². The standard InChI is InChI=1S/C14H22N4O2/c1-3-18(4-2)11-7-5-10(6-8-11)17-14(20)12(15)9-13(16)19/h5-8,12H,3-4,9,15H2,1-2H3,(H2,16,19)(H,17,20). The van der Waals surface area contributed by atoms with Gasteiger partial charge in [0.1, 0.15) is 0 Å². The normalized spacial score (nSPS) is 11.8. The molecule has 6 heteroatoms. The zero-order valence-electron chi connectivity index (χ0n) is 11.9. The third kappa shape index (κ3) is 4.55. The number of carbonyl (C=O) groups is 2. The molecule has 0 spiro atoms. The van der Waals surface area contributed by atoms with Gasteiger partial charge in [-0.1, -0.05) is 0 Å². The van der Waals surface area contributed by atoms with Crippen molar-refractivity contribution >= 4 is 23.2 Å². The lowest BCUT2D eigenvalue weighted by Gasteiger charge is -2.21. The molecule has 110 valence electrons. The monoisotopic (exact) mass is 278 g/mol. The summed E-state index contributed by atoms with van der Waals surface area (Å²) in [7, 11) is 0. The highest BCUT2D eigenvalue weighted by molar-refractivity contribution is 5.97. The molecule has 1 unspecified atom stereocenters. The summed E-state index contributed by atoms with van der Waals surface area (Å²) in [5.41, 5.74) is 12.3. The summed E-state index contributed by atoms with van der Waals surface area (Å²) in [6.07, 6.45) is -0.163. The van der Waals surface area contributed by atoms with Crippen LogP contribution in [0.25, 0.3) is 0 Å². The van der Waals surface area contributed by atoms with Crippen LogP contribution in [0.5, 0.6) is 0 Å². The molecule has 0 saturated heterocycles. The number of nitrogens with one attached hydrogen (secondary N) is 1. The van der Waals surface area contributed by atoms with E-state index in [4.69, 9.17) is 11.5 Å². The summed E-state index contributed by atoms with van der Waals surface area (Å²) in [6, 6.07) is 6.56. The van der Waals surface area contributed by atoms with Crippen LogP contribution >= 0.6 is 0 Å². The molecular formula is C14H22N4O2. The van der Waals surface area contributed by atoms with Crippen molar-refractivity contribution in [3.05, 3.63) is 24.3 Å². The minimum Gasteiger partial charge on any atom is -0.372 e. The highest BCUT2D eigenvalue weighted by Gasteiger charge is 2.16. The van der Waals surface area contributed by atoms with Crippen molar-refractivity contribution in [2.75, 3.05) is 23.3 Å². The Morgan fingerprint density at radius 3 is 2.20 bits per heavy atom. The molecule has 0 aromatic heterocycles. The van der Waals surface area contributed by atoms with Crippen LogP contribution in [0.2, 0.25) is 0 Å². The number of nitrogens with zero attached hydrogens (tertiary/aromatic N) is 1. The van der Waals surface area contributed by atoms with Crippen molar-refractivity contribution in [2.45, 2.75) is 26.3 Å². The van der Waals surface area contributed by atoms with Gasteiger partial charge in [0.05, 0.1) is 12.5 Å². The Balaban J connectivity index is 2.65. The molecule has 0 aliphatic carbocycles. The second kappa shape index (κ2) is 7.49. The van der Waals surface area contributed by atoms with E-state index in [0.717, 1.165) is 18.8 Å². The van der Waals surface area contributed by atoms with E-state index in [2.05, 4.69) is 24.1 Å². The maximum absolute atomic E-state index is 11.7. The first-order chi connectivity index (χ1) is 9.47. The minimum absolute atomic E-state index is 0.163. The summed E-state index contributed by atoms with van der Waals surface area (Å²) < 4.78 is 0. The third-order valence-electron chi connectivity index (χ3n) is 3.02. The molecule has 0 bridgehead atoms. The number of amides is 2. The Hall–Kier alpha value is -2.08. The van der Waals surface area contributed by atoms with Crippen LogP contribution in [0, 0.1) is 0 Å². The molecule has 0 saturated carbocycles. The second-order valence-electron chi connectivity index (χ2n) is 4.49. The first kappa shape index (κ1) is 16.0. The maximum Gasteiger partial charge on any atom is 0.241 e. The van der Waals surface area contributed by atoms with E-state index in [1.165, 1.54) is 0 Å². The number of primary amides is 1. The molecule has 1 aromatic rings. The molecule has 1 rings (SSSR count). The van der Waals surface area contributed by atoms with Gasteiger partial charge in [-0.25, -0.2) is 0 Å². The average molecular weight is 278 g/mol. The van der Waals surface area contributed by atoms with Crippen molar-refractivity contribution < 1.29 is 9.59 Å². The fourth-order valence-electron chi connectivity index (χ4n) is 1.89. The van der Waals surface area contributed by atoms with Gasteiger partial charge in [0.15, 0.2) is 0 Å². The van der Waals surface area contributed by atoms with Gasteiger partial charge >= 0.3 is 0 Å². The smallest absolute Gasteiger partial charge is 0.241 e. The number of hydrogen-bond donors (Lipinski definition) is 3. The molecule has 5 N–H and O–H groups in total. The van der Waals surface area contributed by atoms with Crippen LogP contribution < -0.4 is 21.7 Å². The van der Waals surface area contributed by atoms with Crippen LogP contribution in [-0.2, 0) is 9.59 Å². The van der Waals surface area contributed by atoms with E-state index < -0.39 is 17.9 Å². The van der Waals surface area contributed by atoms with Crippen molar-refractivity contribution in [2.24, 2.45) is 11.5 Å². The number of hydrogen-bond acceptors (Lipinski definition) is 4. The predicted octanol–water partition coefficient (Wildman–Crippen LogP) is 0.674. The summed E-state index contributed by atoms with van der Waals surface area (Å²) in [5, 5.41) is 2.66.